The van der Waals surface area contributed by atoms with E-state index in [1.54, 1.807) is 31.1 Å². The fourth-order valence-electron chi connectivity index (χ4n) is 1.52. The van der Waals surface area contributed by atoms with Crippen molar-refractivity contribution in [3.63, 3.8) is 0 Å². The van der Waals surface area contributed by atoms with Gasteiger partial charge in [-0.1, -0.05) is 12.2 Å². The summed E-state index contributed by atoms with van der Waals surface area (Å²) in [5, 5.41) is 0. The SMILES string of the molecule is CN(Cc1nccn1C)CC(C(N)=S)C(F)(F)F. The maximum Gasteiger partial charge on any atom is 0.399 e. The third-order valence-corrected chi connectivity index (χ3v) is 2.85. The molecule has 18 heavy (non-hydrogen) atoms. The summed E-state index contributed by atoms with van der Waals surface area (Å²) >= 11 is 4.47. The fraction of sp³-hybridized carbons (Fsp3) is 0.600. The smallest absolute Gasteiger partial charge is 0.393 e. The lowest BCUT2D eigenvalue weighted by molar-refractivity contribution is -0.158. The van der Waals surface area contributed by atoms with Crippen molar-refractivity contribution in [2.45, 2.75) is 12.7 Å². The molecule has 0 aromatic carbocycles. The molecule has 2 N–H and O–H groups in total. The first-order valence-electron chi connectivity index (χ1n) is 5.22. The number of hydrogen-bond acceptors (Lipinski definition) is 3. The molecule has 102 valence electrons. The molecule has 1 aromatic heterocycles. The van der Waals surface area contributed by atoms with Gasteiger partial charge in [-0.3, -0.25) is 4.90 Å². The highest BCUT2D eigenvalue weighted by Gasteiger charge is 2.42. The van der Waals surface area contributed by atoms with Crippen LogP contribution >= 0.6 is 12.2 Å². The van der Waals surface area contributed by atoms with E-state index in [9.17, 15) is 13.2 Å². The van der Waals surface area contributed by atoms with Crippen LogP contribution in [0.15, 0.2) is 12.4 Å². The number of halogens is 3. The zero-order valence-corrected chi connectivity index (χ0v) is 10.9. The van der Waals surface area contributed by atoms with E-state index >= 15 is 0 Å². The van der Waals surface area contributed by atoms with E-state index in [4.69, 9.17) is 5.73 Å². The standard InChI is InChI=1S/C10H15F3N4S/c1-16(6-8-15-3-4-17(8)2)5-7(9(14)18)10(11,12)13/h3-4,7H,5-6H2,1-2H3,(H2,14,18). The first-order valence-corrected chi connectivity index (χ1v) is 5.63. The van der Waals surface area contributed by atoms with Gasteiger partial charge in [-0.05, 0) is 7.05 Å². The third-order valence-electron chi connectivity index (χ3n) is 2.57. The second-order valence-electron chi connectivity index (χ2n) is 4.15. The highest BCUT2D eigenvalue weighted by Crippen LogP contribution is 2.27. The molecule has 0 amide bonds. The van der Waals surface area contributed by atoms with Gasteiger partial charge in [0.1, 0.15) is 11.7 Å². The molecule has 0 aliphatic rings. The van der Waals surface area contributed by atoms with Crippen molar-refractivity contribution in [1.82, 2.24) is 14.5 Å². The van der Waals surface area contributed by atoms with E-state index in [-0.39, 0.29) is 6.54 Å². The molecule has 0 bridgehead atoms. The molecule has 0 fully saturated rings. The van der Waals surface area contributed by atoms with Crippen LogP contribution in [0.3, 0.4) is 0 Å². The number of nitrogens with two attached hydrogens (primary N) is 1. The average molecular weight is 280 g/mol. The van der Waals surface area contributed by atoms with Crippen molar-refractivity contribution in [2.75, 3.05) is 13.6 Å². The molecule has 0 aliphatic heterocycles. The van der Waals surface area contributed by atoms with Gasteiger partial charge in [0.05, 0.1) is 11.5 Å². The maximum atomic E-state index is 12.7. The Labute approximate surface area is 109 Å². The zero-order chi connectivity index (χ0) is 13.9. The number of rotatable bonds is 5. The molecule has 1 heterocycles. The third kappa shape index (κ3) is 3.95. The van der Waals surface area contributed by atoms with Crippen molar-refractivity contribution in [3.8, 4) is 0 Å². The second kappa shape index (κ2) is 5.66. The predicted octanol–water partition coefficient (Wildman–Crippen LogP) is 1.32. The molecule has 1 aromatic rings. The van der Waals surface area contributed by atoms with Gasteiger partial charge in [0.2, 0.25) is 0 Å². The lowest BCUT2D eigenvalue weighted by Crippen LogP contribution is -2.42. The molecular weight excluding hydrogens is 265 g/mol. The fourth-order valence-corrected chi connectivity index (χ4v) is 1.73. The minimum absolute atomic E-state index is 0.272. The molecule has 1 rings (SSSR count). The Hall–Kier alpha value is -1.15. The van der Waals surface area contributed by atoms with Gasteiger partial charge in [0.25, 0.3) is 0 Å². The van der Waals surface area contributed by atoms with Gasteiger partial charge in [-0.15, -0.1) is 0 Å². The van der Waals surface area contributed by atoms with Crippen LogP contribution in [0.1, 0.15) is 5.82 Å². The largest absolute Gasteiger partial charge is 0.399 e. The van der Waals surface area contributed by atoms with E-state index in [1.165, 1.54) is 4.90 Å². The Kier molecular flexibility index (Phi) is 4.69. The first kappa shape index (κ1) is 14.9. The Morgan fingerprint density at radius 3 is 2.61 bits per heavy atom. The molecular formula is C10H15F3N4S. The summed E-state index contributed by atoms with van der Waals surface area (Å²) < 4.78 is 39.8. The van der Waals surface area contributed by atoms with E-state index in [1.807, 2.05) is 0 Å². The lowest BCUT2D eigenvalue weighted by atomic mass is 10.1. The second-order valence-corrected chi connectivity index (χ2v) is 4.62. The monoisotopic (exact) mass is 280 g/mol. The van der Waals surface area contributed by atoms with Gasteiger partial charge < -0.3 is 10.3 Å². The van der Waals surface area contributed by atoms with Crippen molar-refractivity contribution in [2.24, 2.45) is 18.7 Å². The minimum Gasteiger partial charge on any atom is -0.393 e. The van der Waals surface area contributed by atoms with E-state index < -0.39 is 17.1 Å². The van der Waals surface area contributed by atoms with Crippen molar-refractivity contribution in [1.29, 1.82) is 0 Å². The summed E-state index contributed by atoms with van der Waals surface area (Å²) in [5.74, 6) is -1.11. The Balaban J connectivity index is 2.65. The van der Waals surface area contributed by atoms with Crippen LogP contribution in [-0.2, 0) is 13.6 Å². The summed E-state index contributed by atoms with van der Waals surface area (Å²) in [6.45, 7) is 0.0321. The molecule has 4 nitrogen and oxygen atoms in total. The van der Waals surface area contributed by atoms with E-state index in [0.29, 0.717) is 12.4 Å². The molecule has 0 spiro atoms. The quantitative estimate of drug-likeness (QED) is 0.826. The van der Waals surface area contributed by atoms with Crippen LogP contribution in [0, 0.1) is 5.92 Å². The van der Waals surface area contributed by atoms with E-state index in [2.05, 4.69) is 17.2 Å². The van der Waals surface area contributed by atoms with Crippen LogP contribution in [0.2, 0.25) is 0 Å². The van der Waals surface area contributed by atoms with Crippen LogP contribution in [0.5, 0.6) is 0 Å². The van der Waals surface area contributed by atoms with Gasteiger partial charge in [0.15, 0.2) is 0 Å². The average Bonchev–Trinajstić information content (AvgIpc) is 2.59. The normalized spacial score (nSPS) is 13.9. The topological polar surface area (TPSA) is 47.1 Å². The van der Waals surface area contributed by atoms with Crippen molar-refractivity contribution < 1.29 is 13.2 Å². The van der Waals surface area contributed by atoms with E-state index in [0.717, 1.165) is 0 Å². The molecule has 0 saturated carbocycles. The summed E-state index contributed by atoms with van der Waals surface area (Å²) in [6.07, 6.45) is -1.09. The summed E-state index contributed by atoms with van der Waals surface area (Å²) in [5.41, 5.74) is 5.14. The van der Waals surface area contributed by atoms with Crippen LogP contribution in [0.25, 0.3) is 0 Å². The zero-order valence-electron chi connectivity index (χ0n) is 10.1. The Morgan fingerprint density at radius 2 is 2.22 bits per heavy atom. The lowest BCUT2D eigenvalue weighted by Gasteiger charge is -2.24. The Morgan fingerprint density at radius 1 is 1.61 bits per heavy atom. The maximum absolute atomic E-state index is 12.7. The first-order chi connectivity index (χ1) is 8.21. The number of aryl methyl sites for hydroxylation is 1. The van der Waals surface area contributed by atoms with Gasteiger partial charge in [-0.25, -0.2) is 4.98 Å². The Bertz CT molecular complexity index is 416. The van der Waals surface area contributed by atoms with Crippen LogP contribution < -0.4 is 5.73 Å². The number of hydrogen-bond donors (Lipinski definition) is 1. The van der Waals surface area contributed by atoms with Crippen molar-refractivity contribution in [3.05, 3.63) is 18.2 Å². The number of imidazole rings is 1. The van der Waals surface area contributed by atoms with Crippen LogP contribution in [0.4, 0.5) is 13.2 Å². The molecule has 1 atom stereocenters. The summed E-state index contributed by atoms with van der Waals surface area (Å²) in [4.78, 5) is 5.01. The minimum atomic E-state index is -4.41. The van der Waals surface area contributed by atoms with Gasteiger partial charge >= 0.3 is 6.18 Å². The van der Waals surface area contributed by atoms with Gasteiger partial charge in [-0.2, -0.15) is 13.2 Å². The molecule has 0 aliphatic carbocycles. The molecule has 8 heteroatoms. The van der Waals surface area contributed by atoms with Crippen LogP contribution in [-0.4, -0.2) is 39.2 Å². The highest BCUT2D eigenvalue weighted by molar-refractivity contribution is 7.80. The highest BCUT2D eigenvalue weighted by atomic mass is 32.1. The number of aromatic nitrogens is 2. The number of thiocarbonyl (C=S) groups is 1. The summed E-state index contributed by atoms with van der Waals surface area (Å²) in [6, 6.07) is 0. The number of alkyl halides is 3. The molecule has 0 saturated heterocycles. The predicted molar refractivity (Wildman–Crippen MR) is 65.9 cm³/mol. The number of nitrogens with zero attached hydrogens (tertiary/aromatic N) is 3. The molecule has 0 radical (unpaired) electrons. The summed E-state index contributed by atoms with van der Waals surface area (Å²) in [7, 11) is 3.36. The van der Waals surface area contributed by atoms with Gasteiger partial charge in [0, 0.05) is 26.0 Å². The van der Waals surface area contributed by atoms with Crippen molar-refractivity contribution >= 4 is 17.2 Å². The molecule has 1 unspecified atom stereocenters.